The molecule has 0 saturated heterocycles. The van der Waals surface area contributed by atoms with E-state index in [1.54, 1.807) is 62.4 Å². The summed E-state index contributed by atoms with van der Waals surface area (Å²) in [7, 11) is 0. The normalized spacial score (nSPS) is 11.8. The van der Waals surface area contributed by atoms with Gasteiger partial charge in [-0.3, -0.25) is 9.59 Å². The molecule has 0 aliphatic heterocycles. The van der Waals surface area contributed by atoms with Crippen LogP contribution in [0, 0.1) is 0 Å². The van der Waals surface area contributed by atoms with Gasteiger partial charge >= 0.3 is 0 Å². The average molecular weight is 396 g/mol. The Hall–Kier alpha value is -3.68. The van der Waals surface area contributed by atoms with E-state index in [0.29, 0.717) is 17.8 Å². The molecule has 0 aliphatic rings. The molecule has 0 aromatic heterocycles. The molecule has 152 valence electrons. The first kappa shape index (κ1) is 21.6. The van der Waals surface area contributed by atoms with Crippen molar-refractivity contribution in [2.24, 2.45) is 10.2 Å². The third kappa shape index (κ3) is 7.45. The maximum atomic E-state index is 11.9. The van der Waals surface area contributed by atoms with E-state index in [1.807, 2.05) is 0 Å². The molecule has 0 bridgehead atoms. The summed E-state index contributed by atoms with van der Waals surface area (Å²) in [6.45, 7) is 3.49. The number of nitrogens with zero attached hydrogens (tertiary/aromatic N) is 2. The monoisotopic (exact) mass is 396 g/mol. The number of nitrogens with one attached hydrogen (secondary N) is 2. The highest BCUT2D eigenvalue weighted by molar-refractivity contribution is 6.00. The van der Waals surface area contributed by atoms with Crippen LogP contribution in [0.3, 0.4) is 0 Å². The van der Waals surface area contributed by atoms with E-state index in [2.05, 4.69) is 21.1 Å². The third-order valence-corrected chi connectivity index (χ3v) is 4.07. The molecule has 2 aromatic rings. The Bertz CT molecular complexity index is 828. The number of benzene rings is 2. The Kier molecular flexibility index (Phi) is 7.90. The zero-order chi connectivity index (χ0) is 21.2. The summed E-state index contributed by atoms with van der Waals surface area (Å²) in [6, 6.07) is 13.0. The van der Waals surface area contributed by atoms with E-state index in [9.17, 15) is 19.8 Å². The molecule has 0 atom stereocenters. The maximum absolute atomic E-state index is 11.9. The van der Waals surface area contributed by atoms with E-state index >= 15 is 0 Å². The molecule has 0 aliphatic carbocycles. The van der Waals surface area contributed by atoms with Crippen molar-refractivity contribution in [3.63, 3.8) is 0 Å². The van der Waals surface area contributed by atoms with Gasteiger partial charge in [-0.1, -0.05) is 0 Å². The van der Waals surface area contributed by atoms with Gasteiger partial charge in [0.25, 0.3) is 0 Å². The molecule has 8 nitrogen and oxygen atoms in total. The standard InChI is InChI=1S/C21H24N4O4/c1-14(16-6-10-18(26)11-7-16)22-24-20(28)4-3-5-21(29)25-23-15(2)17-8-12-19(27)13-9-17/h6-13,26-27H,3-5H2,1-2H3,(H,24,28)(H,25,29)/b22-14+,23-15+. The molecular weight excluding hydrogens is 372 g/mol. The van der Waals surface area contributed by atoms with Gasteiger partial charge in [0.1, 0.15) is 11.5 Å². The van der Waals surface area contributed by atoms with Crippen molar-refractivity contribution in [2.45, 2.75) is 33.1 Å². The number of carbonyl (C=O) groups excluding carboxylic acids is 2. The number of phenols is 2. The van der Waals surface area contributed by atoms with Gasteiger partial charge in [-0.15, -0.1) is 0 Å². The topological polar surface area (TPSA) is 123 Å². The number of phenolic OH excluding ortho intramolecular Hbond substituents is 2. The largest absolute Gasteiger partial charge is 0.508 e. The molecule has 0 fully saturated rings. The lowest BCUT2D eigenvalue weighted by Gasteiger charge is -2.04. The molecule has 0 saturated carbocycles. The molecular formula is C21H24N4O4. The summed E-state index contributed by atoms with van der Waals surface area (Å²) in [5.74, 6) is -0.266. The minimum atomic E-state index is -0.292. The minimum Gasteiger partial charge on any atom is -0.508 e. The molecule has 0 unspecified atom stereocenters. The fourth-order valence-electron chi connectivity index (χ4n) is 2.35. The van der Waals surface area contributed by atoms with Crippen LogP contribution in [0.1, 0.15) is 44.2 Å². The van der Waals surface area contributed by atoms with Crippen molar-refractivity contribution in [3.05, 3.63) is 59.7 Å². The fraction of sp³-hybridized carbons (Fsp3) is 0.238. The van der Waals surface area contributed by atoms with E-state index in [1.165, 1.54) is 0 Å². The first-order chi connectivity index (χ1) is 13.8. The summed E-state index contributed by atoms with van der Waals surface area (Å²) in [5.41, 5.74) is 7.68. The average Bonchev–Trinajstić information content (AvgIpc) is 2.71. The van der Waals surface area contributed by atoms with Crippen molar-refractivity contribution in [3.8, 4) is 11.5 Å². The lowest BCUT2D eigenvalue weighted by atomic mass is 10.1. The van der Waals surface area contributed by atoms with Crippen LogP contribution in [0.5, 0.6) is 11.5 Å². The molecule has 0 radical (unpaired) electrons. The molecule has 29 heavy (non-hydrogen) atoms. The van der Waals surface area contributed by atoms with E-state index in [0.717, 1.165) is 11.1 Å². The lowest BCUT2D eigenvalue weighted by molar-refractivity contribution is -0.122. The highest BCUT2D eigenvalue weighted by atomic mass is 16.3. The summed E-state index contributed by atoms with van der Waals surface area (Å²) in [5, 5.41) is 26.6. The second-order valence-electron chi connectivity index (χ2n) is 6.41. The number of hydrazone groups is 2. The van der Waals surface area contributed by atoms with Crippen LogP contribution in [0.15, 0.2) is 58.7 Å². The van der Waals surface area contributed by atoms with Gasteiger partial charge in [0, 0.05) is 12.8 Å². The second-order valence-corrected chi connectivity index (χ2v) is 6.41. The highest BCUT2D eigenvalue weighted by Gasteiger charge is 2.06. The van der Waals surface area contributed by atoms with E-state index < -0.39 is 0 Å². The van der Waals surface area contributed by atoms with Crippen molar-refractivity contribution < 1.29 is 19.8 Å². The van der Waals surface area contributed by atoms with Gasteiger partial charge in [0.15, 0.2) is 0 Å². The fourth-order valence-corrected chi connectivity index (χ4v) is 2.35. The van der Waals surface area contributed by atoms with Crippen LogP contribution in [0.4, 0.5) is 0 Å². The van der Waals surface area contributed by atoms with Gasteiger partial charge in [0.2, 0.25) is 11.8 Å². The molecule has 0 spiro atoms. The first-order valence-corrected chi connectivity index (χ1v) is 9.10. The lowest BCUT2D eigenvalue weighted by Crippen LogP contribution is -2.21. The molecule has 2 amide bonds. The second kappa shape index (κ2) is 10.6. The van der Waals surface area contributed by atoms with Crippen LogP contribution < -0.4 is 10.9 Å². The maximum Gasteiger partial charge on any atom is 0.240 e. The molecule has 8 heteroatoms. The predicted molar refractivity (Wildman–Crippen MR) is 111 cm³/mol. The zero-order valence-electron chi connectivity index (χ0n) is 16.3. The molecule has 2 aromatic carbocycles. The van der Waals surface area contributed by atoms with Crippen molar-refractivity contribution in [1.29, 1.82) is 0 Å². The molecule has 0 heterocycles. The van der Waals surface area contributed by atoms with E-state index in [4.69, 9.17) is 0 Å². The highest BCUT2D eigenvalue weighted by Crippen LogP contribution is 2.11. The van der Waals surface area contributed by atoms with Gasteiger partial charge in [0.05, 0.1) is 11.4 Å². The van der Waals surface area contributed by atoms with Crippen molar-refractivity contribution in [2.75, 3.05) is 0 Å². The SMILES string of the molecule is C/C(=N\NC(=O)CCCC(=O)N/N=C(\C)c1ccc(O)cc1)c1ccc(O)cc1. The number of hydrogen-bond donors (Lipinski definition) is 4. The van der Waals surface area contributed by atoms with Gasteiger partial charge in [-0.25, -0.2) is 10.9 Å². The Labute approximate surface area is 169 Å². The molecule has 4 N–H and O–H groups in total. The van der Waals surface area contributed by atoms with Crippen LogP contribution in [-0.2, 0) is 9.59 Å². The van der Waals surface area contributed by atoms with Crippen LogP contribution in [-0.4, -0.2) is 33.5 Å². The van der Waals surface area contributed by atoms with Crippen LogP contribution in [0.25, 0.3) is 0 Å². The van der Waals surface area contributed by atoms with Gasteiger partial charge < -0.3 is 10.2 Å². The minimum absolute atomic E-state index is 0.153. The van der Waals surface area contributed by atoms with Gasteiger partial charge in [-0.05, 0) is 79.9 Å². The number of aromatic hydroxyl groups is 2. The number of rotatable bonds is 8. The third-order valence-electron chi connectivity index (χ3n) is 4.07. The summed E-state index contributed by atoms with van der Waals surface area (Å²) in [6.07, 6.45) is 0.667. The Morgan fingerprint density at radius 3 is 1.41 bits per heavy atom. The Morgan fingerprint density at radius 2 is 1.07 bits per heavy atom. The Morgan fingerprint density at radius 1 is 0.724 bits per heavy atom. The van der Waals surface area contributed by atoms with E-state index in [-0.39, 0.29) is 36.2 Å². The van der Waals surface area contributed by atoms with Crippen LogP contribution in [0.2, 0.25) is 0 Å². The first-order valence-electron chi connectivity index (χ1n) is 9.10. The van der Waals surface area contributed by atoms with Crippen LogP contribution >= 0.6 is 0 Å². The van der Waals surface area contributed by atoms with Crippen molar-refractivity contribution in [1.82, 2.24) is 10.9 Å². The summed E-state index contributed by atoms with van der Waals surface area (Å²) >= 11 is 0. The Balaban J connectivity index is 1.71. The van der Waals surface area contributed by atoms with Crippen molar-refractivity contribution >= 4 is 23.2 Å². The number of carbonyl (C=O) groups is 2. The zero-order valence-corrected chi connectivity index (χ0v) is 16.3. The predicted octanol–water partition coefficient (Wildman–Crippen LogP) is 2.65. The quantitative estimate of drug-likeness (QED) is 0.404. The summed E-state index contributed by atoms with van der Waals surface area (Å²) in [4.78, 5) is 23.7. The summed E-state index contributed by atoms with van der Waals surface area (Å²) < 4.78 is 0. The number of hydrogen-bond acceptors (Lipinski definition) is 6. The number of amides is 2. The molecule has 2 rings (SSSR count). The van der Waals surface area contributed by atoms with Gasteiger partial charge in [-0.2, -0.15) is 10.2 Å². The smallest absolute Gasteiger partial charge is 0.240 e.